The van der Waals surface area contributed by atoms with Gasteiger partial charge in [-0.05, 0) is 18.2 Å². The Morgan fingerprint density at radius 2 is 1.65 bits per heavy atom. The number of aromatic hydroxyl groups is 4. The average molecular weight is 480 g/mol. The lowest BCUT2D eigenvalue weighted by Crippen LogP contribution is -2.56. The average Bonchev–Trinajstić information content (AvgIpc) is 2.78. The van der Waals surface area contributed by atoms with Crippen LogP contribution >= 0.6 is 0 Å². The van der Waals surface area contributed by atoms with Gasteiger partial charge in [-0.3, -0.25) is 4.79 Å². The van der Waals surface area contributed by atoms with Crippen molar-refractivity contribution in [1.29, 1.82) is 0 Å². The smallest absolute Gasteiger partial charge is 0.256 e. The van der Waals surface area contributed by atoms with Gasteiger partial charge in [0.25, 0.3) is 5.75 Å². The Kier molecular flexibility index (Phi) is 6.22. The molecule has 4 rings (SSSR count). The number of phenols is 4. The van der Waals surface area contributed by atoms with E-state index in [2.05, 4.69) is 0 Å². The molecule has 13 heteroatoms. The standard InChI is InChI=1S/C21H20O13/c22-6-9-15(27)17(29)20(30)32-21(9)34-33-19-16(28)14-12(26)4-8(23)5-13(14)31-18(19)7-1-2-10(24)11(25)3-7/h1-5,9,15,17,20-27,29-30H,6H2/t9-,15+,17-,20-,21-/m1/s1. The third kappa shape index (κ3) is 4.07. The normalized spacial score (nSPS) is 24.9. The number of ether oxygens (including phenoxy) is 1. The van der Waals surface area contributed by atoms with Crippen LogP contribution in [0.25, 0.3) is 22.3 Å². The summed E-state index contributed by atoms with van der Waals surface area (Å²) in [5.41, 5.74) is -1.23. The number of phenolic OH excluding ortho intramolecular Hbond substituents is 4. The molecule has 0 amide bonds. The molecule has 5 atom stereocenters. The molecule has 182 valence electrons. The van der Waals surface area contributed by atoms with Crippen molar-refractivity contribution in [3.63, 3.8) is 0 Å². The highest BCUT2D eigenvalue weighted by Gasteiger charge is 2.45. The van der Waals surface area contributed by atoms with Crippen molar-refractivity contribution in [2.75, 3.05) is 6.61 Å². The van der Waals surface area contributed by atoms with Crippen LogP contribution in [0.15, 0.2) is 39.5 Å². The van der Waals surface area contributed by atoms with E-state index in [-0.39, 0.29) is 16.9 Å². The van der Waals surface area contributed by atoms with Crippen LogP contribution in [0, 0.1) is 5.92 Å². The van der Waals surface area contributed by atoms with E-state index in [9.17, 15) is 45.6 Å². The fourth-order valence-corrected chi connectivity index (χ4v) is 3.48. The van der Waals surface area contributed by atoms with Crippen LogP contribution in [0.2, 0.25) is 0 Å². The zero-order chi connectivity index (χ0) is 24.7. The Bertz CT molecular complexity index is 1270. The van der Waals surface area contributed by atoms with Crippen molar-refractivity contribution < 1.29 is 59.8 Å². The summed E-state index contributed by atoms with van der Waals surface area (Å²) in [5.74, 6) is -4.45. The summed E-state index contributed by atoms with van der Waals surface area (Å²) in [6, 6.07) is 5.32. The number of benzene rings is 2. The SMILES string of the molecule is O=c1c(OO[C@H]2O[C@@H](O)[C@H](O)[C@@H](O)[C@H]2CO)c(-c2ccc(O)c(O)c2)oc2cc(O)cc(O)c12. The molecule has 0 aliphatic carbocycles. The van der Waals surface area contributed by atoms with Gasteiger partial charge < -0.3 is 54.9 Å². The van der Waals surface area contributed by atoms with Crippen LogP contribution in [0.1, 0.15) is 0 Å². The third-order valence-corrected chi connectivity index (χ3v) is 5.30. The summed E-state index contributed by atoms with van der Waals surface area (Å²) >= 11 is 0. The van der Waals surface area contributed by atoms with E-state index >= 15 is 0 Å². The highest BCUT2D eigenvalue weighted by atomic mass is 17.2. The first-order chi connectivity index (χ1) is 16.1. The second-order valence-corrected chi connectivity index (χ2v) is 7.53. The van der Waals surface area contributed by atoms with Gasteiger partial charge in [-0.25, -0.2) is 0 Å². The molecule has 1 aromatic heterocycles. The van der Waals surface area contributed by atoms with Crippen LogP contribution in [0.5, 0.6) is 28.7 Å². The van der Waals surface area contributed by atoms with Gasteiger partial charge in [0, 0.05) is 17.7 Å². The minimum Gasteiger partial charge on any atom is -0.508 e. The summed E-state index contributed by atoms with van der Waals surface area (Å²) < 4.78 is 10.6. The lowest BCUT2D eigenvalue weighted by molar-refractivity contribution is -0.403. The predicted octanol–water partition coefficient (Wildman–Crippen LogP) is -0.402. The minimum atomic E-state index is -1.90. The number of hydrogen-bond donors (Lipinski definition) is 8. The van der Waals surface area contributed by atoms with E-state index in [0.29, 0.717) is 0 Å². The van der Waals surface area contributed by atoms with E-state index in [1.54, 1.807) is 0 Å². The van der Waals surface area contributed by atoms with Crippen molar-refractivity contribution in [2.24, 2.45) is 5.92 Å². The quantitative estimate of drug-likeness (QED) is 0.132. The number of hydrogen-bond acceptors (Lipinski definition) is 13. The first kappa shape index (κ1) is 23.6. The zero-order valence-corrected chi connectivity index (χ0v) is 17.1. The molecule has 0 saturated carbocycles. The summed E-state index contributed by atoms with van der Waals surface area (Å²) in [4.78, 5) is 23.3. The molecule has 3 aromatic rings. The minimum absolute atomic E-state index is 0.00879. The van der Waals surface area contributed by atoms with E-state index in [4.69, 9.17) is 18.9 Å². The monoisotopic (exact) mass is 480 g/mol. The lowest BCUT2D eigenvalue weighted by Gasteiger charge is -2.38. The van der Waals surface area contributed by atoms with Gasteiger partial charge in [0.1, 0.15) is 28.6 Å². The van der Waals surface area contributed by atoms with Crippen molar-refractivity contribution in [2.45, 2.75) is 24.8 Å². The van der Waals surface area contributed by atoms with Gasteiger partial charge in [-0.1, -0.05) is 0 Å². The lowest BCUT2D eigenvalue weighted by atomic mass is 9.95. The fourth-order valence-electron chi connectivity index (χ4n) is 3.48. The highest BCUT2D eigenvalue weighted by Crippen LogP contribution is 2.39. The maximum atomic E-state index is 13.2. The van der Waals surface area contributed by atoms with Crippen molar-refractivity contribution >= 4 is 11.0 Å². The molecule has 1 aliphatic rings. The highest BCUT2D eigenvalue weighted by molar-refractivity contribution is 5.88. The van der Waals surface area contributed by atoms with Crippen LogP contribution in [0.3, 0.4) is 0 Å². The predicted molar refractivity (Wildman–Crippen MR) is 110 cm³/mol. The van der Waals surface area contributed by atoms with E-state index in [1.807, 2.05) is 0 Å². The molecular weight excluding hydrogens is 460 g/mol. The Morgan fingerprint density at radius 3 is 2.32 bits per heavy atom. The Labute approximate surface area is 189 Å². The molecule has 34 heavy (non-hydrogen) atoms. The second-order valence-electron chi connectivity index (χ2n) is 7.53. The summed E-state index contributed by atoms with van der Waals surface area (Å²) in [7, 11) is 0. The Balaban J connectivity index is 1.81. The van der Waals surface area contributed by atoms with Crippen LogP contribution in [0.4, 0.5) is 0 Å². The van der Waals surface area contributed by atoms with Crippen LogP contribution < -0.4 is 10.3 Å². The van der Waals surface area contributed by atoms with Gasteiger partial charge in [0.2, 0.25) is 11.7 Å². The first-order valence-corrected chi connectivity index (χ1v) is 9.81. The molecule has 8 N–H and O–H groups in total. The van der Waals surface area contributed by atoms with E-state index in [0.717, 1.165) is 24.3 Å². The molecule has 1 fully saturated rings. The molecule has 0 radical (unpaired) electrons. The maximum absolute atomic E-state index is 13.2. The molecule has 0 bridgehead atoms. The Hall–Kier alpha value is -3.59. The molecular formula is C21H20O13. The van der Waals surface area contributed by atoms with Gasteiger partial charge >= 0.3 is 0 Å². The summed E-state index contributed by atoms with van der Waals surface area (Å²) in [5, 5.41) is 78.0. The van der Waals surface area contributed by atoms with Crippen LogP contribution in [-0.2, 0) is 9.62 Å². The van der Waals surface area contributed by atoms with Crippen molar-refractivity contribution in [3.8, 4) is 40.1 Å². The van der Waals surface area contributed by atoms with Crippen molar-refractivity contribution in [3.05, 3.63) is 40.6 Å². The number of aliphatic hydroxyl groups is 4. The number of aliphatic hydroxyl groups excluding tert-OH is 4. The Morgan fingerprint density at radius 1 is 0.912 bits per heavy atom. The van der Waals surface area contributed by atoms with Crippen molar-refractivity contribution in [1.82, 2.24) is 0 Å². The third-order valence-electron chi connectivity index (χ3n) is 5.30. The second kappa shape index (κ2) is 8.98. The molecule has 13 nitrogen and oxygen atoms in total. The number of rotatable bonds is 5. The molecule has 2 heterocycles. The van der Waals surface area contributed by atoms with E-state index in [1.165, 1.54) is 6.07 Å². The van der Waals surface area contributed by atoms with Gasteiger partial charge in [0.05, 0.1) is 18.6 Å². The van der Waals surface area contributed by atoms with E-state index < -0.39 is 76.9 Å². The summed E-state index contributed by atoms with van der Waals surface area (Å²) in [6.45, 7) is -0.760. The van der Waals surface area contributed by atoms with Gasteiger partial charge in [0.15, 0.2) is 23.5 Å². The summed E-state index contributed by atoms with van der Waals surface area (Å²) in [6.07, 6.45) is -6.98. The molecule has 1 saturated heterocycles. The molecule has 0 unspecified atom stereocenters. The molecule has 1 aliphatic heterocycles. The molecule has 2 aromatic carbocycles. The molecule has 0 spiro atoms. The largest absolute Gasteiger partial charge is 0.508 e. The maximum Gasteiger partial charge on any atom is 0.256 e. The topological polar surface area (TPSA) is 220 Å². The number of fused-ring (bicyclic) bond motifs is 1. The first-order valence-electron chi connectivity index (χ1n) is 9.81. The van der Waals surface area contributed by atoms with Gasteiger partial charge in [-0.15, -0.1) is 0 Å². The van der Waals surface area contributed by atoms with Crippen LogP contribution in [-0.4, -0.2) is 72.2 Å². The fraction of sp³-hybridized carbons (Fsp3) is 0.286. The zero-order valence-electron chi connectivity index (χ0n) is 17.1. The van der Waals surface area contributed by atoms with Gasteiger partial charge in [-0.2, -0.15) is 4.89 Å².